The summed E-state index contributed by atoms with van der Waals surface area (Å²) < 4.78 is 47.7. The van der Waals surface area contributed by atoms with Gasteiger partial charge in [-0.2, -0.15) is 13.2 Å². The second kappa shape index (κ2) is 9.46. The number of likely N-dealkylation sites (tertiary alicyclic amines) is 1. The lowest BCUT2D eigenvalue weighted by Crippen LogP contribution is -2.50. The highest BCUT2D eigenvalue weighted by Crippen LogP contribution is 2.52. The summed E-state index contributed by atoms with van der Waals surface area (Å²) in [5.41, 5.74) is -1.29. The van der Waals surface area contributed by atoms with Gasteiger partial charge in [0.15, 0.2) is 0 Å². The number of hydrogen-bond donors (Lipinski definition) is 1. The van der Waals surface area contributed by atoms with E-state index in [1.165, 1.54) is 22.1 Å². The maximum Gasteiger partial charge on any atom is 0.416 e. The number of halogens is 4. The summed E-state index contributed by atoms with van der Waals surface area (Å²) in [6, 6.07) is 6.72. The lowest BCUT2D eigenvalue weighted by atomic mass is 9.72. The third-order valence-electron chi connectivity index (χ3n) is 6.48. The molecule has 2 aliphatic rings. The van der Waals surface area contributed by atoms with Crippen molar-refractivity contribution >= 4 is 29.4 Å². The molecule has 0 saturated carbocycles. The van der Waals surface area contributed by atoms with E-state index in [4.69, 9.17) is 16.3 Å². The molecule has 2 aromatic rings. The van der Waals surface area contributed by atoms with Crippen LogP contribution in [0.4, 0.5) is 28.4 Å². The molecule has 11 heteroatoms. The Morgan fingerprint density at radius 2 is 1.86 bits per heavy atom. The van der Waals surface area contributed by atoms with Gasteiger partial charge < -0.3 is 15.0 Å². The zero-order valence-corrected chi connectivity index (χ0v) is 21.0. The first-order valence-corrected chi connectivity index (χ1v) is 12.0. The summed E-state index contributed by atoms with van der Waals surface area (Å²) >= 11 is 5.90. The number of piperidine rings is 1. The molecule has 1 saturated heterocycles. The van der Waals surface area contributed by atoms with Crippen LogP contribution in [0, 0.1) is 0 Å². The topological polar surface area (TPSA) is 74.8 Å². The molecular weight excluding hydrogens is 497 g/mol. The molecule has 0 aliphatic carbocycles. The van der Waals surface area contributed by atoms with Crippen LogP contribution in [-0.2, 0) is 22.9 Å². The van der Waals surface area contributed by atoms with Crippen LogP contribution in [0.2, 0.25) is 5.15 Å². The van der Waals surface area contributed by atoms with E-state index in [1.54, 1.807) is 39.0 Å². The molecule has 36 heavy (non-hydrogen) atoms. The number of aromatic nitrogens is 1. The third kappa shape index (κ3) is 5.38. The van der Waals surface area contributed by atoms with Crippen LogP contribution >= 0.6 is 11.6 Å². The van der Waals surface area contributed by atoms with Gasteiger partial charge in [0.1, 0.15) is 10.8 Å². The predicted octanol–water partition coefficient (Wildman–Crippen LogP) is 5.75. The summed E-state index contributed by atoms with van der Waals surface area (Å²) in [5, 5.41) is 3.05. The van der Waals surface area contributed by atoms with Crippen molar-refractivity contribution in [3.05, 3.63) is 58.4 Å². The van der Waals surface area contributed by atoms with Gasteiger partial charge in [-0.25, -0.2) is 14.6 Å². The molecule has 0 unspecified atom stereocenters. The van der Waals surface area contributed by atoms with Crippen LogP contribution in [0.5, 0.6) is 0 Å². The van der Waals surface area contributed by atoms with Crippen LogP contribution in [0.3, 0.4) is 0 Å². The molecule has 3 heterocycles. The zero-order valence-electron chi connectivity index (χ0n) is 20.3. The number of benzene rings is 1. The summed E-state index contributed by atoms with van der Waals surface area (Å²) in [6.07, 6.45) is -3.02. The fourth-order valence-electron chi connectivity index (χ4n) is 4.88. The smallest absolute Gasteiger partial charge is 0.416 e. The molecule has 1 aromatic heterocycles. The van der Waals surface area contributed by atoms with Crippen LogP contribution < -0.4 is 10.2 Å². The second-order valence-electron chi connectivity index (χ2n) is 10.2. The average Bonchev–Trinajstić information content (AvgIpc) is 3.10. The predicted molar refractivity (Wildman–Crippen MR) is 129 cm³/mol. The highest BCUT2D eigenvalue weighted by molar-refractivity contribution is 6.29. The Balaban J connectivity index is 1.60. The number of carbonyl (C=O) groups is 2. The Morgan fingerprint density at radius 1 is 1.17 bits per heavy atom. The Morgan fingerprint density at radius 3 is 2.47 bits per heavy atom. The molecule has 7 nitrogen and oxygen atoms in total. The molecule has 3 amide bonds. The van der Waals surface area contributed by atoms with Gasteiger partial charge in [0, 0.05) is 43.5 Å². The van der Waals surface area contributed by atoms with E-state index in [0.29, 0.717) is 5.56 Å². The Hall–Kier alpha value is -3.01. The number of alkyl halides is 3. The Bertz CT molecular complexity index is 1160. The molecular formula is C25H28ClF3N4O3. The molecule has 2 aliphatic heterocycles. The van der Waals surface area contributed by atoms with Gasteiger partial charge in [-0.3, -0.25) is 4.90 Å². The van der Waals surface area contributed by atoms with Crippen molar-refractivity contribution in [2.24, 2.45) is 0 Å². The molecule has 194 valence electrons. The maximum atomic E-state index is 14.1. The third-order valence-corrected chi connectivity index (χ3v) is 6.69. The first-order chi connectivity index (χ1) is 16.8. The Labute approximate surface area is 212 Å². The van der Waals surface area contributed by atoms with Crippen molar-refractivity contribution in [1.29, 1.82) is 0 Å². The van der Waals surface area contributed by atoms with Gasteiger partial charge in [-0.15, -0.1) is 0 Å². The number of ether oxygens (including phenoxy) is 1. The highest BCUT2D eigenvalue weighted by atomic mass is 35.5. The number of pyridine rings is 1. The summed E-state index contributed by atoms with van der Waals surface area (Å²) in [4.78, 5) is 32.5. The fourth-order valence-corrected chi connectivity index (χ4v) is 5.08. The van der Waals surface area contributed by atoms with Gasteiger partial charge in [0.25, 0.3) is 0 Å². The molecule has 0 radical (unpaired) electrons. The molecule has 1 spiro atoms. The molecule has 1 N–H and O–H groups in total. The van der Waals surface area contributed by atoms with Gasteiger partial charge in [0.2, 0.25) is 0 Å². The SMILES string of the molecule is CC(C)(C)OC(=O)N1CCC2(CC1)CN(C(=O)NCc1ccnc(Cl)c1)c1cccc(C(F)(F)F)c12. The van der Waals surface area contributed by atoms with Gasteiger partial charge in [0.05, 0.1) is 5.56 Å². The second-order valence-corrected chi connectivity index (χ2v) is 10.6. The van der Waals surface area contributed by atoms with E-state index in [-0.39, 0.29) is 55.4 Å². The largest absolute Gasteiger partial charge is 0.444 e. The first-order valence-electron chi connectivity index (χ1n) is 11.6. The van der Waals surface area contributed by atoms with Crippen LogP contribution in [0.25, 0.3) is 0 Å². The van der Waals surface area contributed by atoms with E-state index < -0.39 is 34.9 Å². The van der Waals surface area contributed by atoms with Crippen molar-refractivity contribution in [3.63, 3.8) is 0 Å². The van der Waals surface area contributed by atoms with E-state index in [2.05, 4.69) is 10.3 Å². The number of hydrogen-bond acceptors (Lipinski definition) is 4. The van der Waals surface area contributed by atoms with E-state index >= 15 is 0 Å². The molecule has 4 rings (SSSR count). The summed E-state index contributed by atoms with van der Waals surface area (Å²) in [5.74, 6) is 0. The molecule has 0 bridgehead atoms. The van der Waals surface area contributed by atoms with Gasteiger partial charge in [-0.05, 0) is 69.0 Å². The number of carbonyl (C=O) groups excluding carboxylic acids is 2. The number of nitrogens with zero attached hydrogens (tertiary/aromatic N) is 3. The van der Waals surface area contributed by atoms with E-state index in [9.17, 15) is 22.8 Å². The highest BCUT2D eigenvalue weighted by Gasteiger charge is 2.51. The quantitative estimate of drug-likeness (QED) is 0.507. The maximum absolute atomic E-state index is 14.1. The standard InChI is InChI=1S/C25H28ClF3N4O3/c1-23(2,3)36-22(35)32-11-8-24(9-12-32)15-33(18-6-4-5-17(20(18)24)25(27,28)29)21(34)31-14-16-7-10-30-19(26)13-16/h4-7,10,13H,8-9,11-12,14-15H2,1-3H3,(H,31,34). The van der Waals surface area contributed by atoms with Gasteiger partial charge >= 0.3 is 18.3 Å². The van der Waals surface area contributed by atoms with Crippen molar-refractivity contribution in [3.8, 4) is 0 Å². The lowest BCUT2D eigenvalue weighted by molar-refractivity contribution is -0.138. The number of rotatable bonds is 2. The Kier molecular flexibility index (Phi) is 6.85. The lowest BCUT2D eigenvalue weighted by Gasteiger charge is -2.40. The monoisotopic (exact) mass is 524 g/mol. The normalized spacial score (nSPS) is 17.2. The molecule has 1 fully saturated rings. The fraction of sp³-hybridized carbons (Fsp3) is 0.480. The zero-order chi connectivity index (χ0) is 26.3. The van der Waals surface area contributed by atoms with Crippen molar-refractivity contribution in [2.45, 2.75) is 57.3 Å². The average molecular weight is 525 g/mol. The summed E-state index contributed by atoms with van der Waals surface area (Å²) in [7, 11) is 0. The summed E-state index contributed by atoms with van der Waals surface area (Å²) in [6.45, 7) is 5.96. The van der Waals surface area contributed by atoms with Crippen LogP contribution in [0.1, 0.15) is 50.3 Å². The number of fused-ring (bicyclic) bond motifs is 2. The van der Waals surface area contributed by atoms with Crippen molar-refractivity contribution in [2.75, 3.05) is 24.5 Å². The number of amides is 3. The van der Waals surface area contributed by atoms with Gasteiger partial charge in [-0.1, -0.05) is 17.7 Å². The van der Waals surface area contributed by atoms with Crippen LogP contribution in [-0.4, -0.2) is 47.2 Å². The minimum Gasteiger partial charge on any atom is -0.444 e. The minimum atomic E-state index is -4.58. The molecule has 1 aromatic carbocycles. The minimum absolute atomic E-state index is 0.0838. The van der Waals surface area contributed by atoms with E-state index in [1.807, 2.05) is 0 Å². The molecule has 0 atom stereocenters. The first kappa shape index (κ1) is 26.1. The number of anilines is 1. The van der Waals surface area contributed by atoms with Crippen LogP contribution in [0.15, 0.2) is 36.5 Å². The van der Waals surface area contributed by atoms with Crippen molar-refractivity contribution in [1.82, 2.24) is 15.2 Å². The van der Waals surface area contributed by atoms with E-state index in [0.717, 1.165) is 6.07 Å². The van der Waals surface area contributed by atoms with Crippen molar-refractivity contribution < 1.29 is 27.5 Å². The number of urea groups is 1. The number of nitrogens with one attached hydrogen (secondary N) is 1.